The van der Waals surface area contributed by atoms with Gasteiger partial charge in [0.15, 0.2) is 5.96 Å². The number of aromatic nitrogens is 1. The average Bonchev–Trinajstić information content (AvgIpc) is 2.88. The highest BCUT2D eigenvalue weighted by atomic mass is 32.1. The largest absolute Gasteiger partial charge is 0.379 e. The van der Waals surface area contributed by atoms with E-state index in [1.165, 1.54) is 4.88 Å². The molecule has 0 aliphatic carbocycles. The third-order valence-corrected chi connectivity index (χ3v) is 4.89. The van der Waals surface area contributed by atoms with Crippen molar-refractivity contribution in [2.45, 2.75) is 33.7 Å². The zero-order chi connectivity index (χ0) is 16.5. The second-order valence-electron chi connectivity index (χ2n) is 5.68. The summed E-state index contributed by atoms with van der Waals surface area (Å²) in [5, 5.41) is 7.78. The summed E-state index contributed by atoms with van der Waals surface area (Å²) in [6.07, 6.45) is 1.11. The molecule has 1 aliphatic heterocycles. The molecular weight excluding hydrogens is 310 g/mol. The molecule has 1 aromatic rings. The summed E-state index contributed by atoms with van der Waals surface area (Å²) < 4.78 is 5.37. The fourth-order valence-electron chi connectivity index (χ4n) is 2.43. The van der Waals surface area contributed by atoms with E-state index in [0.29, 0.717) is 6.54 Å². The van der Waals surface area contributed by atoms with Crippen LogP contribution in [-0.4, -0.2) is 61.8 Å². The van der Waals surface area contributed by atoms with Crippen molar-refractivity contribution in [1.29, 1.82) is 0 Å². The molecule has 0 spiro atoms. The summed E-state index contributed by atoms with van der Waals surface area (Å²) in [4.78, 5) is 12.9. The summed E-state index contributed by atoms with van der Waals surface area (Å²) in [5.74, 6) is 0.875. The van der Waals surface area contributed by atoms with E-state index in [0.717, 1.165) is 69.0 Å². The lowest BCUT2D eigenvalue weighted by Gasteiger charge is -2.26. The number of guanidine groups is 1. The van der Waals surface area contributed by atoms with Gasteiger partial charge in [-0.2, -0.15) is 0 Å². The third kappa shape index (κ3) is 6.45. The fraction of sp³-hybridized carbons (Fsp3) is 0.750. The van der Waals surface area contributed by atoms with Crippen LogP contribution in [0.3, 0.4) is 0 Å². The van der Waals surface area contributed by atoms with Crippen molar-refractivity contribution in [3.05, 3.63) is 15.6 Å². The smallest absolute Gasteiger partial charge is 0.191 e. The summed E-state index contributed by atoms with van der Waals surface area (Å²) in [7, 11) is 0. The van der Waals surface area contributed by atoms with Crippen LogP contribution in [0.25, 0.3) is 0 Å². The van der Waals surface area contributed by atoms with Crippen LogP contribution in [0, 0.1) is 13.8 Å². The summed E-state index contributed by atoms with van der Waals surface area (Å²) in [6, 6.07) is 0. The van der Waals surface area contributed by atoms with Crippen LogP contribution in [0.4, 0.5) is 0 Å². The number of thiazole rings is 1. The van der Waals surface area contributed by atoms with Crippen LogP contribution in [0.5, 0.6) is 0 Å². The molecule has 2 heterocycles. The lowest BCUT2D eigenvalue weighted by atomic mass is 10.3. The molecule has 130 valence electrons. The van der Waals surface area contributed by atoms with Crippen molar-refractivity contribution in [1.82, 2.24) is 20.5 Å². The minimum atomic E-state index is 0.637. The molecule has 1 aliphatic rings. The van der Waals surface area contributed by atoms with Crippen LogP contribution in [-0.2, 0) is 11.3 Å². The van der Waals surface area contributed by atoms with Gasteiger partial charge in [-0.1, -0.05) is 0 Å². The SMILES string of the molecule is CCNC(=NCc1nc(C)c(C)s1)NCCCN1CCOCC1. The number of rotatable bonds is 7. The zero-order valence-electron chi connectivity index (χ0n) is 14.5. The molecule has 0 atom stereocenters. The number of nitrogens with zero attached hydrogens (tertiary/aromatic N) is 3. The van der Waals surface area contributed by atoms with Gasteiger partial charge in [-0.25, -0.2) is 9.98 Å². The van der Waals surface area contributed by atoms with E-state index in [9.17, 15) is 0 Å². The van der Waals surface area contributed by atoms with Crippen LogP contribution < -0.4 is 10.6 Å². The van der Waals surface area contributed by atoms with Gasteiger partial charge in [-0.15, -0.1) is 11.3 Å². The van der Waals surface area contributed by atoms with Gasteiger partial charge in [0.25, 0.3) is 0 Å². The van der Waals surface area contributed by atoms with Gasteiger partial charge in [0.05, 0.1) is 25.5 Å². The fourth-order valence-corrected chi connectivity index (χ4v) is 3.29. The Morgan fingerprint density at radius 2 is 2.09 bits per heavy atom. The highest BCUT2D eigenvalue weighted by Gasteiger charge is 2.09. The molecule has 2 N–H and O–H groups in total. The number of nitrogens with one attached hydrogen (secondary N) is 2. The Kier molecular flexibility index (Phi) is 7.78. The molecule has 0 unspecified atom stereocenters. The minimum absolute atomic E-state index is 0.637. The Bertz CT molecular complexity index is 477. The van der Waals surface area contributed by atoms with E-state index in [2.05, 4.69) is 39.4 Å². The lowest BCUT2D eigenvalue weighted by molar-refractivity contribution is 0.0376. The molecule has 7 heteroatoms. The van der Waals surface area contributed by atoms with Crippen molar-refractivity contribution in [2.75, 3.05) is 45.9 Å². The average molecular weight is 340 g/mol. The van der Waals surface area contributed by atoms with Crippen molar-refractivity contribution in [3.63, 3.8) is 0 Å². The molecule has 0 amide bonds. The van der Waals surface area contributed by atoms with E-state index in [-0.39, 0.29) is 0 Å². The van der Waals surface area contributed by atoms with Crippen LogP contribution >= 0.6 is 11.3 Å². The zero-order valence-corrected chi connectivity index (χ0v) is 15.3. The molecule has 0 radical (unpaired) electrons. The molecule has 1 aromatic heterocycles. The monoisotopic (exact) mass is 339 g/mol. The normalized spacial score (nSPS) is 16.6. The molecule has 1 saturated heterocycles. The Morgan fingerprint density at radius 1 is 1.30 bits per heavy atom. The van der Waals surface area contributed by atoms with E-state index >= 15 is 0 Å². The number of aliphatic imine (C=N–C) groups is 1. The van der Waals surface area contributed by atoms with Gasteiger partial charge in [0.2, 0.25) is 0 Å². The Labute approximate surface area is 143 Å². The number of morpholine rings is 1. The second kappa shape index (κ2) is 9.85. The maximum atomic E-state index is 5.37. The molecule has 0 aromatic carbocycles. The summed E-state index contributed by atoms with van der Waals surface area (Å²) >= 11 is 1.73. The van der Waals surface area contributed by atoms with Gasteiger partial charge in [0.1, 0.15) is 5.01 Å². The van der Waals surface area contributed by atoms with Crippen molar-refractivity contribution in [2.24, 2.45) is 4.99 Å². The highest BCUT2D eigenvalue weighted by molar-refractivity contribution is 7.11. The Morgan fingerprint density at radius 3 is 2.74 bits per heavy atom. The number of hydrogen-bond donors (Lipinski definition) is 2. The van der Waals surface area contributed by atoms with E-state index < -0.39 is 0 Å². The Hall–Kier alpha value is -1.18. The first-order valence-electron chi connectivity index (χ1n) is 8.44. The van der Waals surface area contributed by atoms with E-state index in [1.54, 1.807) is 11.3 Å². The summed E-state index contributed by atoms with van der Waals surface area (Å²) in [6.45, 7) is 13.6. The molecule has 2 rings (SSSR count). The van der Waals surface area contributed by atoms with Crippen LogP contribution in [0.1, 0.15) is 28.9 Å². The molecular formula is C16H29N5OS. The first-order chi connectivity index (χ1) is 11.2. The predicted molar refractivity (Wildman–Crippen MR) is 96.3 cm³/mol. The lowest BCUT2D eigenvalue weighted by Crippen LogP contribution is -2.40. The van der Waals surface area contributed by atoms with Crippen LogP contribution in [0.2, 0.25) is 0 Å². The molecule has 1 fully saturated rings. The van der Waals surface area contributed by atoms with Crippen LogP contribution in [0.15, 0.2) is 4.99 Å². The minimum Gasteiger partial charge on any atom is -0.379 e. The number of ether oxygens (including phenoxy) is 1. The first kappa shape index (κ1) is 18.2. The third-order valence-electron chi connectivity index (χ3n) is 3.84. The van der Waals surface area contributed by atoms with Crippen molar-refractivity contribution in [3.8, 4) is 0 Å². The topological polar surface area (TPSA) is 61.8 Å². The van der Waals surface area contributed by atoms with Gasteiger partial charge >= 0.3 is 0 Å². The number of aryl methyl sites for hydroxylation is 2. The molecule has 0 bridgehead atoms. The van der Waals surface area contributed by atoms with Gasteiger partial charge in [-0.05, 0) is 33.7 Å². The quantitative estimate of drug-likeness (QED) is 0.448. The molecule has 6 nitrogen and oxygen atoms in total. The van der Waals surface area contributed by atoms with Crippen molar-refractivity contribution >= 4 is 17.3 Å². The predicted octanol–water partition coefficient (Wildman–Crippen LogP) is 1.54. The maximum Gasteiger partial charge on any atom is 0.191 e. The van der Waals surface area contributed by atoms with Gasteiger partial charge in [-0.3, -0.25) is 4.90 Å². The Balaban J connectivity index is 1.72. The molecule has 23 heavy (non-hydrogen) atoms. The maximum absolute atomic E-state index is 5.37. The molecule has 0 saturated carbocycles. The van der Waals surface area contributed by atoms with Gasteiger partial charge < -0.3 is 15.4 Å². The van der Waals surface area contributed by atoms with Crippen molar-refractivity contribution < 1.29 is 4.74 Å². The standard InChI is InChI=1S/C16H29N5OS/c1-4-17-16(19-12-15-20-13(2)14(3)23-15)18-6-5-7-21-8-10-22-11-9-21/h4-12H2,1-3H3,(H2,17,18,19). The van der Waals surface area contributed by atoms with E-state index in [1.807, 2.05) is 6.92 Å². The first-order valence-corrected chi connectivity index (χ1v) is 9.26. The second-order valence-corrected chi connectivity index (χ2v) is 6.97. The highest BCUT2D eigenvalue weighted by Crippen LogP contribution is 2.16. The summed E-state index contributed by atoms with van der Waals surface area (Å²) in [5.41, 5.74) is 1.11. The van der Waals surface area contributed by atoms with Gasteiger partial charge in [0, 0.05) is 31.1 Å². The number of hydrogen-bond acceptors (Lipinski definition) is 5. The van der Waals surface area contributed by atoms with E-state index in [4.69, 9.17) is 4.74 Å².